The first-order valence-corrected chi connectivity index (χ1v) is 7.01. The smallest absolute Gasteiger partial charge is 0.0624 e. The van der Waals surface area contributed by atoms with Crippen LogP contribution in [0, 0.1) is 5.92 Å². The molecule has 1 fully saturated rings. The summed E-state index contributed by atoms with van der Waals surface area (Å²) in [5, 5.41) is 8.07. The van der Waals surface area contributed by atoms with Crippen molar-refractivity contribution in [3.8, 4) is 0 Å². The van der Waals surface area contributed by atoms with Crippen molar-refractivity contribution in [2.75, 3.05) is 7.05 Å². The lowest BCUT2D eigenvalue weighted by atomic mass is 10.1. The lowest BCUT2D eigenvalue weighted by Gasteiger charge is -2.15. The first kappa shape index (κ1) is 12.6. The Morgan fingerprint density at radius 3 is 2.76 bits per heavy atom. The van der Waals surface area contributed by atoms with Crippen LogP contribution in [0.15, 0.2) is 6.07 Å². The van der Waals surface area contributed by atoms with Gasteiger partial charge in [0, 0.05) is 18.3 Å². The van der Waals surface area contributed by atoms with Gasteiger partial charge in [0.15, 0.2) is 0 Å². The molecule has 0 amide bonds. The fraction of sp³-hybridized carbons (Fsp3) is 0.786. The molecule has 0 spiro atoms. The number of rotatable bonds is 7. The molecule has 0 aliphatic heterocycles. The number of hydrogen-bond acceptors (Lipinski definition) is 2. The van der Waals surface area contributed by atoms with Crippen LogP contribution in [0.4, 0.5) is 0 Å². The van der Waals surface area contributed by atoms with Gasteiger partial charge in [-0.15, -0.1) is 0 Å². The van der Waals surface area contributed by atoms with E-state index >= 15 is 0 Å². The standard InChI is InChI=1S/C14H25N3/c1-4-12-10-13(17(5-2)16-12)8-9-14(15-3)11-6-7-11/h10-11,14-15H,4-9H2,1-3H3. The molecule has 2 rings (SSSR count). The summed E-state index contributed by atoms with van der Waals surface area (Å²) in [7, 11) is 2.09. The second kappa shape index (κ2) is 5.67. The average molecular weight is 235 g/mol. The predicted molar refractivity (Wildman–Crippen MR) is 71.2 cm³/mol. The lowest BCUT2D eigenvalue weighted by molar-refractivity contribution is 0.461. The second-order valence-electron chi connectivity index (χ2n) is 5.07. The Labute approximate surface area is 105 Å². The van der Waals surface area contributed by atoms with Crippen molar-refractivity contribution in [1.29, 1.82) is 0 Å². The Kier molecular flexibility index (Phi) is 4.21. The molecular weight excluding hydrogens is 210 g/mol. The number of aromatic nitrogens is 2. The van der Waals surface area contributed by atoms with Crippen molar-refractivity contribution in [2.24, 2.45) is 5.92 Å². The first-order chi connectivity index (χ1) is 8.28. The van der Waals surface area contributed by atoms with Crippen LogP contribution in [-0.2, 0) is 19.4 Å². The molecule has 1 aliphatic rings. The molecule has 17 heavy (non-hydrogen) atoms. The molecule has 0 bridgehead atoms. The molecule has 0 aromatic carbocycles. The maximum absolute atomic E-state index is 4.61. The van der Waals surface area contributed by atoms with Gasteiger partial charge in [-0.1, -0.05) is 6.92 Å². The van der Waals surface area contributed by atoms with Gasteiger partial charge in [-0.2, -0.15) is 5.10 Å². The minimum Gasteiger partial charge on any atom is -0.317 e. The van der Waals surface area contributed by atoms with Crippen LogP contribution in [0.25, 0.3) is 0 Å². The topological polar surface area (TPSA) is 29.9 Å². The number of aryl methyl sites for hydroxylation is 3. The van der Waals surface area contributed by atoms with Crippen LogP contribution >= 0.6 is 0 Å². The van der Waals surface area contributed by atoms with E-state index in [4.69, 9.17) is 0 Å². The second-order valence-corrected chi connectivity index (χ2v) is 5.07. The Morgan fingerprint density at radius 1 is 1.47 bits per heavy atom. The van der Waals surface area contributed by atoms with Gasteiger partial charge in [-0.05, 0) is 58.1 Å². The molecule has 1 aromatic heterocycles. The van der Waals surface area contributed by atoms with E-state index in [9.17, 15) is 0 Å². The van der Waals surface area contributed by atoms with Gasteiger partial charge in [-0.3, -0.25) is 4.68 Å². The van der Waals surface area contributed by atoms with Crippen molar-refractivity contribution >= 4 is 0 Å². The highest BCUT2D eigenvalue weighted by molar-refractivity contribution is 5.11. The van der Waals surface area contributed by atoms with E-state index in [1.807, 2.05) is 0 Å². The van der Waals surface area contributed by atoms with Crippen LogP contribution in [-0.4, -0.2) is 22.9 Å². The van der Waals surface area contributed by atoms with Gasteiger partial charge in [-0.25, -0.2) is 0 Å². The zero-order valence-electron chi connectivity index (χ0n) is 11.4. The van der Waals surface area contributed by atoms with E-state index < -0.39 is 0 Å². The maximum Gasteiger partial charge on any atom is 0.0624 e. The van der Waals surface area contributed by atoms with E-state index in [1.165, 1.54) is 30.7 Å². The summed E-state index contributed by atoms with van der Waals surface area (Å²) < 4.78 is 2.17. The van der Waals surface area contributed by atoms with Crippen molar-refractivity contribution < 1.29 is 0 Å². The summed E-state index contributed by atoms with van der Waals surface area (Å²) >= 11 is 0. The molecule has 0 radical (unpaired) electrons. The summed E-state index contributed by atoms with van der Waals surface area (Å²) in [6, 6.07) is 2.99. The van der Waals surface area contributed by atoms with Crippen LogP contribution in [0.5, 0.6) is 0 Å². The summed E-state index contributed by atoms with van der Waals surface area (Å²) in [5.41, 5.74) is 2.64. The predicted octanol–water partition coefficient (Wildman–Crippen LogP) is 2.40. The Morgan fingerprint density at radius 2 is 2.24 bits per heavy atom. The fourth-order valence-corrected chi connectivity index (χ4v) is 2.58. The fourth-order valence-electron chi connectivity index (χ4n) is 2.58. The van der Waals surface area contributed by atoms with E-state index in [2.05, 4.69) is 42.1 Å². The molecule has 96 valence electrons. The number of hydrogen-bond donors (Lipinski definition) is 1. The van der Waals surface area contributed by atoms with Crippen molar-refractivity contribution in [3.63, 3.8) is 0 Å². The SMILES string of the molecule is CCc1cc(CCC(NC)C2CC2)n(CC)n1. The highest BCUT2D eigenvalue weighted by Crippen LogP contribution is 2.34. The molecule has 1 heterocycles. The van der Waals surface area contributed by atoms with Gasteiger partial charge in [0.2, 0.25) is 0 Å². The molecule has 1 aliphatic carbocycles. The maximum atomic E-state index is 4.61. The van der Waals surface area contributed by atoms with Crippen LogP contribution in [0.2, 0.25) is 0 Å². The highest BCUT2D eigenvalue weighted by atomic mass is 15.3. The van der Waals surface area contributed by atoms with E-state index in [1.54, 1.807) is 0 Å². The van der Waals surface area contributed by atoms with Crippen molar-refractivity contribution in [3.05, 3.63) is 17.5 Å². The van der Waals surface area contributed by atoms with Gasteiger partial charge >= 0.3 is 0 Å². The van der Waals surface area contributed by atoms with Crippen molar-refractivity contribution in [1.82, 2.24) is 15.1 Å². The van der Waals surface area contributed by atoms with Gasteiger partial charge in [0.05, 0.1) is 5.69 Å². The Hall–Kier alpha value is -0.830. The molecule has 1 atom stereocenters. The van der Waals surface area contributed by atoms with E-state index in [0.29, 0.717) is 6.04 Å². The lowest BCUT2D eigenvalue weighted by Crippen LogP contribution is -2.28. The van der Waals surface area contributed by atoms with Crippen LogP contribution < -0.4 is 5.32 Å². The van der Waals surface area contributed by atoms with E-state index in [-0.39, 0.29) is 0 Å². The molecular formula is C14H25N3. The van der Waals surface area contributed by atoms with Crippen molar-refractivity contribution in [2.45, 2.75) is 58.5 Å². The van der Waals surface area contributed by atoms with Crippen LogP contribution in [0.3, 0.4) is 0 Å². The molecule has 1 saturated carbocycles. The summed E-state index contributed by atoms with van der Waals surface area (Å²) in [6.45, 7) is 5.34. The number of nitrogens with zero attached hydrogens (tertiary/aromatic N) is 2. The Bertz CT molecular complexity index is 352. The quantitative estimate of drug-likeness (QED) is 0.786. The zero-order valence-corrected chi connectivity index (χ0v) is 11.4. The summed E-state index contributed by atoms with van der Waals surface area (Å²) in [4.78, 5) is 0. The summed E-state index contributed by atoms with van der Waals surface area (Å²) in [5.74, 6) is 0.934. The molecule has 1 N–H and O–H groups in total. The largest absolute Gasteiger partial charge is 0.317 e. The monoisotopic (exact) mass is 235 g/mol. The van der Waals surface area contributed by atoms with Crippen LogP contribution in [0.1, 0.15) is 44.5 Å². The average Bonchev–Trinajstić information content (AvgIpc) is 3.10. The molecule has 1 unspecified atom stereocenters. The number of nitrogens with one attached hydrogen (secondary N) is 1. The molecule has 3 nitrogen and oxygen atoms in total. The van der Waals surface area contributed by atoms with Gasteiger partial charge in [0.25, 0.3) is 0 Å². The highest BCUT2D eigenvalue weighted by Gasteiger charge is 2.29. The third-order valence-electron chi connectivity index (χ3n) is 3.85. The van der Waals surface area contributed by atoms with E-state index in [0.717, 1.165) is 25.3 Å². The molecule has 3 heteroatoms. The minimum atomic E-state index is 0.709. The normalized spacial score (nSPS) is 17.4. The zero-order chi connectivity index (χ0) is 12.3. The first-order valence-electron chi connectivity index (χ1n) is 7.01. The molecule has 1 aromatic rings. The Balaban J connectivity index is 1.94. The minimum absolute atomic E-state index is 0.709. The van der Waals surface area contributed by atoms with Gasteiger partial charge in [0.1, 0.15) is 0 Å². The summed E-state index contributed by atoms with van der Waals surface area (Å²) in [6.07, 6.45) is 6.27. The third kappa shape index (κ3) is 3.09. The molecule has 0 saturated heterocycles. The third-order valence-corrected chi connectivity index (χ3v) is 3.85. The van der Waals surface area contributed by atoms with Gasteiger partial charge < -0.3 is 5.32 Å².